The van der Waals surface area contributed by atoms with Crippen LogP contribution in [-0.4, -0.2) is 12.1 Å². The Hall–Kier alpha value is -0.320. The lowest BCUT2D eigenvalue weighted by atomic mass is 9.97. The third kappa shape index (κ3) is 5.55. The summed E-state index contributed by atoms with van der Waals surface area (Å²) in [6.07, 6.45) is 10.5. The van der Waals surface area contributed by atoms with Crippen molar-refractivity contribution in [1.82, 2.24) is 0 Å². The van der Waals surface area contributed by atoms with Crippen LogP contribution in [0.1, 0.15) is 52.4 Å². The number of allylic oxidation sites excluding steroid dienone is 1. The normalized spacial score (nSPS) is 29.9. The molecule has 1 aliphatic heterocycles. The van der Waals surface area contributed by atoms with Crippen molar-refractivity contribution < 1.29 is 9.53 Å². The fourth-order valence-corrected chi connectivity index (χ4v) is 2.53. The summed E-state index contributed by atoms with van der Waals surface area (Å²) in [4.78, 5) is 11.8. The number of carbonyl (C=O) groups excluding carboxylic acids is 1. The molecule has 1 aliphatic rings. The van der Waals surface area contributed by atoms with Crippen molar-refractivity contribution in [3.63, 3.8) is 0 Å². The van der Waals surface area contributed by atoms with E-state index in [1.807, 2.05) is 11.0 Å². The van der Waals surface area contributed by atoms with Gasteiger partial charge in [-0.1, -0.05) is 54.5 Å². The summed E-state index contributed by atoms with van der Waals surface area (Å²) in [5.74, 6) is 0.192. The van der Waals surface area contributed by atoms with E-state index in [1.54, 1.807) is 0 Å². The molecule has 102 valence electrons. The van der Waals surface area contributed by atoms with Crippen LogP contribution in [0, 0.1) is 5.92 Å². The first-order valence-corrected chi connectivity index (χ1v) is 8.02. The SMILES string of the molecule is C/C(=C\I)[C@H]1OC(=O)CCCCCC/C=C/[C@@H]1C. The molecule has 1 heterocycles. The van der Waals surface area contributed by atoms with Crippen LogP contribution in [-0.2, 0) is 9.53 Å². The van der Waals surface area contributed by atoms with Crippen molar-refractivity contribution in [3.8, 4) is 0 Å². The zero-order chi connectivity index (χ0) is 13.4. The summed E-state index contributed by atoms with van der Waals surface area (Å²) in [5.41, 5.74) is 1.12. The maximum atomic E-state index is 11.8. The number of ether oxygens (including phenoxy) is 1. The van der Waals surface area contributed by atoms with Crippen molar-refractivity contribution in [1.29, 1.82) is 0 Å². The fraction of sp³-hybridized carbons (Fsp3) is 0.667. The fourth-order valence-electron chi connectivity index (χ4n) is 2.17. The van der Waals surface area contributed by atoms with Gasteiger partial charge in [0.25, 0.3) is 0 Å². The molecule has 2 nitrogen and oxygen atoms in total. The minimum absolute atomic E-state index is 0.0570. The number of carbonyl (C=O) groups is 1. The Balaban J connectivity index is 2.76. The van der Waals surface area contributed by atoms with Gasteiger partial charge in [0.15, 0.2) is 0 Å². The molecule has 0 aliphatic carbocycles. The van der Waals surface area contributed by atoms with E-state index >= 15 is 0 Å². The van der Waals surface area contributed by atoms with Crippen molar-refractivity contribution >= 4 is 28.6 Å². The lowest BCUT2D eigenvalue weighted by Crippen LogP contribution is -2.25. The first kappa shape index (κ1) is 15.7. The Labute approximate surface area is 124 Å². The minimum atomic E-state index is -0.106. The summed E-state index contributed by atoms with van der Waals surface area (Å²) in [5, 5.41) is 0. The van der Waals surface area contributed by atoms with Crippen molar-refractivity contribution in [2.45, 2.75) is 58.5 Å². The molecule has 0 unspecified atom stereocenters. The molecule has 2 atom stereocenters. The van der Waals surface area contributed by atoms with Crippen LogP contribution in [0.4, 0.5) is 0 Å². The number of rotatable bonds is 1. The summed E-state index contributed by atoms with van der Waals surface area (Å²) in [6, 6.07) is 0. The van der Waals surface area contributed by atoms with Gasteiger partial charge in [-0.05, 0) is 35.8 Å². The molecule has 0 radical (unpaired) electrons. The monoisotopic (exact) mass is 362 g/mol. The topological polar surface area (TPSA) is 26.3 Å². The second-order valence-electron chi connectivity index (χ2n) is 5.00. The van der Waals surface area contributed by atoms with Gasteiger partial charge < -0.3 is 4.74 Å². The Morgan fingerprint density at radius 3 is 2.83 bits per heavy atom. The number of esters is 1. The van der Waals surface area contributed by atoms with Gasteiger partial charge in [0.1, 0.15) is 6.10 Å². The second kappa shape index (κ2) is 8.73. The summed E-state index contributed by atoms with van der Waals surface area (Å²) >= 11 is 2.21. The van der Waals surface area contributed by atoms with E-state index in [-0.39, 0.29) is 18.0 Å². The maximum absolute atomic E-state index is 11.8. The largest absolute Gasteiger partial charge is 0.457 e. The zero-order valence-electron chi connectivity index (χ0n) is 11.3. The third-order valence-corrected chi connectivity index (χ3v) is 4.28. The highest BCUT2D eigenvalue weighted by molar-refractivity contribution is 14.1. The smallest absolute Gasteiger partial charge is 0.306 e. The van der Waals surface area contributed by atoms with Crippen LogP contribution in [0.15, 0.2) is 21.8 Å². The second-order valence-corrected chi connectivity index (χ2v) is 5.63. The molecule has 0 spiro atoms. The summed E-state index contributed by atoms with van der Waals surface area (Å²) in [7, 11) is 0. The van der Waals surface area contributed by atoms with Gasteiger partial charge in [-0.3, -0.25) is 4.79 Å². The highest BCUT2D eigenvalue weighted by Crippen LogP contribution is 2.21. The molecule has 0 aromatic heterocycles. The average Bonchev–Trinajstić information content (AvgIpc) is 2.36. The molecule has 0 aromatic carbocycles. The number of hydrogen-bond acceptors (Lipinski definition) is 2. The number of cyclic esters (lactones) is 1. The highest BCUT2D eigenvalue weighted by Gasteiger charge is 2.21. The predicted molar refractivity (Wildman–Crippen MR) is 83.7 cm³/mol. The first-order valence-electron chi connectivity index (χ1n) is 6.78. The van der Waals surface area contributed by atoms with Gasteiger partial charge in [0.05, 0.1) is 0 Å². The lowest BCUT2D eigenvalue weighted by Gasteiger charge is -2.23. The van der Waals surface area contributed by atoms with Gasteiger partial charge in [-0.15, -0.1) is 0 Å². The van der Waals surface area contributed by atoms with Crippen LogP contribution in [0.25, 0.3) is 0 Å². The van der Waals surface area contributed by atoms with Crippen molar-refractivity contribution in [3.05, 3.63) is 21.8 Å². The van der Waals surface area contributed by atoms with E-state index in [0.29, 0.717) is 6.42 Å². The van der Waals surface area contributed by atoms with Crippen LogP contribution in [0.3, 0.4) is 0 Å². The highest BCUT2D eigenvalue weighted by atomic mass is 127. The molecule has 18 heavy (non-hydrogen) atoms. The quantitative estimate of drug-likeness (QED) is 0.381. The van der Waals surface area contributed by atoms with Crippen LogP contribution >= 0.6 is 22.6 Å². The van der Waals surface area contributed by atoms with Crippen LogP contribution in [0.2, 0.25) is 0 Å². The Bertz CT molecular complexity index is 320. The zero-order valence-corrected chi connectivity index (χ0v) is 13.5. The number of halogens is 1. The van der Waals surface area contributed by atoms with E-state index in [2.05, 4.69) is 41.7 Å². The van der Waals surface area contributed by atoms with E-state index in [0.717, 1.165) is 24.8 Å². The van der Waals surface area contributed by atoms with Gasteiger partial charge in [-0.25, -0.2) is 0 Å². The molecule has 0 amide bonds. The van der Waals surface area contributed by atoms with Gasteiger partial charge in [0, 0.05) is 12.3 Å². The molecule has 1 rings (SSSR count). The standard InChI is InChI=1S/C15H23IO2/c1-12-9-7-5-3-4-6-8-10-14(17)18-15(12)13(2)11-16/h7,9,11-12,15H,3-6,8,10H2,1-2H3/b9-7+,13-11+/t12-,15-/m0/s1. The molecule has 0 aromatic rings. The molecule has 3 heteroatoms. The lowest BCUT2D eigenvalue weighted by molar-refractivity contribution is -0.148. The Morgan fingerprint density at radius 1 is 1.39 bits per heavy atom. The van der Waals surface area contributed by atoms with Gasteiger partial charge >= 0.3 is 5.97 Å². The molecule has 0 N–H and O–H groups in total. The van der Waals surface area contributed by atoms with Gasteiger partial charge in [-0.2, -0.15) is 0 Å². The average molecular weight is 362 g/mol. The predicted octanol–water partition coefficient (Wildman–Crippen LogP) is 4.78. The van der Waals surface area contributed by atoms with E-state index in [9.17, 15) is 4.79 Å². The molecule has 0 fully saturated rings. The summed E-state index contributed by atoms with van der Waals surface area (Å²) in [6.45, 7) is 4.14. The van der Waals surface area contributed by atoms with Crippen LogP contribution in [0.5, 0.6) is 0 Å². The molecular formula is C15H23IO2. The third-order valence-electron chi connectivity index (χ3n) is 3.30. The molecular weight excluding hydrogens is 339 g/mol. The Morgan fingerprint density at radius 2 is 2.11 bits per heavy atom. The van der Waals surface area contributed by atoms with E-state index < -0.39 is 0 Å². The van der Waals surface area contributed by atoms with Crippen molar-refractivity contribution in [2.24, 2.45) is 5.92 Å². The van der Waals surface area contributed by atoms with Crippen LogP contribution < -0.4 is 0 Å². The van der Waals surface area contributed by atoms with E-state index in [4.69, 9.17) is 4.74 Å². The van der Waals surface area contributed by atoms with E-state index in [1.165, 1.54) is 12.8 Å². The van der Waals surface area contributed by atoms with Crippen molar-refractivity contribution in [2.75, 3.05) is 0 Å². The minimum Gasteiger partial charge on any atom is -0.457 e. The molecule has 0 bridgehead atoms. The molecule has 0 saturated carbocycles. The molecule has 0 saturated heterocycles. The summed E-state index contributed by atoms with van der Waals surface area (Å²) < 4.78 is 7.63. The first-order chi connectivity index (χ1) is 8.65. The van der Waals surface area contributed by atoms with Gasteiger partial charge in [0.2, 0.25) is 0 Å². The number of hydrogen-bond donors (Lipinski definition) is 0. The Kier molecular flexibility index (Phi) is 7.63. The maximum Gasteiger partial charge on any atom is 0.306 e.